The summed E-state index contributed by atoms with van der Waals surface area (Å²) < 4.78 is 3.13. The Hall–Kier alpha value is -0.350. The highest BCUT2D eigenvalue weighted by atomic mass is 79.9. The molecule has 0 unspecified atom stereocenters. The Labute approximate surface area is 93.8 Å². The standard InChI is InChI=1S/C10H18BrN3/c1-6(2)10-9(11)8(5-12)13-14(10)7(3)4/h6-7H,5,12H2,1-4H3. The average Bonchev–Trinajstić information content (AvgIpc) is 2.42. The van der Waals surface area contributed by atoms with Gasteiger partial charge in [-0.25, -0.2) is 0 Å². The molecule has 0 saturated carbocycles. The molecule has 0 bridgehead atoms. The lowest BCUT2D eigenvalue weighted by Crippen LogP contribution is -2.09. The van der Waals surface area contributed by atoms with E-state index in [0.717, 1.165) is 10.2 Å². The van der Waals surface area contributed by atoms with Gasteiger partial charge in [0.25, 0.3) is 0 Å². The van der Waals surface area contributed by atoms with Crippen molar-refractivity contribution in [3.63, 3.8) is 0 Å². The zero-order valence-electron chi connectivity index (χ0n) is 9.21. The van der Waals surface area contributed by atoms with Gasteiger partial charge in [0.15, 0.2) is 0 Å². The van der Waals surface area contributed by atoms with Gasteiger partial charge < -0.3 is 5.73 Å². The zero-order valence-corrected chi connectivity index (χ0v) is 10.8. The summed E-state index contributed by atoms with van der Waals surface area (Å²) in [7, 11) is 0. The second kappa shape index (κ2) is 4.45. The number of aromatic nitrogens is 2. The Balaban J connectivity index is 3.27. The molecule has 1 aromatic heterocycles. The molecule has 1 rings (SSSR count). The molecule has 0 amide bonds. The lowest BCUT2D eigenvalue weighted by Gasteiger charge is -2.13. The van der Waals surface area contributed by atoms with Crippen LogP contribution in [0.5, 0.6) is 0 Å². The summed E-state index contributed by atoms with van der Waals surface area (Å²) in [5.74, 6) is 0.458. The van der Waals surface area contributed by atoms with Crippen LogP contribution >= 0.6 is 15.9 Å². The first-order chi connectivity index (χ1) is 6.49. The topological polar surface area (TPSA) is 43.8 Å². The molecule has 0 aliphatic heterocycles. The number of rotatable bonds is 3. The smallest absolute Gasteiger partial charge is 0.0905 e. The SMILES string of the molecule is CC(C)c1c(Br)c(CN)nn1C(C)C. The minimum absolute atomic E-state index is 0.379. The van der Waals surface area contributed by atoms with Crippen LogP contribution in [0.25, 0.3) is 0 Å². The lowest BCUT2D eigenvalue weighted by atomic mass is 10.1. The Kier molecular flexibility index (Phi) is 3.72. The van der Waals surface area contributed by atoms with Crippen LogP contribution in [0.1, 0.15) is 51.0 Å². The third kappa shape index (κ3) is 2.01. The molecule has 2 N–H and O–H groups in total. The van der Waals surface area contributed by atoms with Crippen LogP contribution in [-0.2, 0) is 6.54 Å². The second-order valence-corrected chi connectivity index (χ2v) is 4.84. The Morgan fingerprint density at radius 2 is 1.93 bits per heavy atom. The summed E-state index contributed by atoms with van der Waals surface area (Å²) in [5, 5.41) is 4.49. The lowest BCUT2D eigenvalue weighted by molar-refractivity contribution is 0.493. The van der Waals surface area contributed by atoms with Crippen molar-refractivity contribution in [1.82, 2.24) is 9.78 Å². The maximum absolute atomic E-state index is 5.63. The molecule has 0 aliphatic rings. The Morgan fingerprint density at radius 1 is 1.36 bits per heavy atom. The highest BCUT2D eigenvalue weighted by Crippen LogP contribution is 2.29. The van der Waals surface area contributed by atoms with Crippen LogP contribution in [0.3, 0.4) is 0 Å². The zero-order chi connectivity index (χ0) is 10.9. The normalized spacial score (nSPS) is 11.7. The highest BCUT2D eigenvalue weighted by molar-refractivity contribution is 9.10. The van der Waals surface area contributed by atoms with Gasteiger partial charge in [-0.3, -0.25) is 4.68 Å². The van der Waals surface area contributed by atoms with E-state index in [-0.39, 0.29) is 0 Å². The van der Waals surface area contributed by atoms with Gasteiger partial charge >= 0.3 is 0 Å². The van der Waals surface area contributed by atoms with Crippen molar-refractivity contribution in [2.75, 3.05) is 0 Å². The van der Waals surface area contributed by atoms with Gasteiger partial charge in [0.05, 0.1) is 15.9 Å². The van der Waals surface area contributed by atoms with Crippen LogP contribution in [0, 0.1) is 0 Å². The number of hydrogen-bond acceptors (Lipinski definition) is 2. The van der Waals surface area contributed by atoms with E-state index >= 15 is 0 Å². The van der Waals surface area contributed by atoms with Crippen molar-refractivity contribution in [2.24, 2.45) is 5.73 Å². The van der Waals surface area contributed by atoms with E-state index in [1.165, 1.54) is 5.69 Å². The largest absolute Gasteiger partial charge is 0.325 e. The average molecular weight is 260 g/mol. The molecule has 3 nitrogen and oxygen atoms in total. The second-order valence-electron chi connectivity index (χ2n) is 4.04. The van der Waals surface area contributed by atoms with Crippen LogP contribution in [-0.4, -0.2) is 9.78 Å². The molecule has 4 heteroatoms. The molecule has 0 aromatic carbocycles. The van der Waals surface area contributed by atoms with Gasteiger partial charge in [-0.2, -0.15) is 5.10 Å². The number of halogens is 1. The summed E-state index contributed by atoms with van der Waals surface area (Å²) in [4.78, 5) is 0. The molecule has 0 radical (unpaired) electrons. The summed E-state index contributed by atoms with van der Waals surface area (Å²) in [6, 6.07) is 0.379. The third-order valence-corrected chi connectivity index (χ3v) is 3.05. The predicted octanol–water partition coefficient (Wildman–Crippen LogP) is 2.81. The Bertz CT molecular complexity index is 315. The van der Waals surface area contributed by atoms with Crippen molar-refractivity contribution in [1.29, 1.82) is 0 Å². The maximum Gasteiger partial charge on any atom is 0.0905 e. The van der Waals surface area contributed by atoms with E-state index in [1.54, 1.807) is 0 Å². The summed E-state index contributed by atoms with van der Waals surface area (Å²) in [6.07, 6.45) is 0. The summed E-state index contributed by atoms with van der Waals surface area (Å²) >= 11 is 3.57. The summed E-state index contributed by atoms with van der Waals surface area (Å²) in [6.45, 7) is 9.08. The maximum atomic E-state index is 5.63. The molecule has 0 spiro atoms. The van der Waals surface area contributed by atoms with Crippen LogP contribution in [0.4, 0.5) is 0 Å². The first-order valence-corrected chi connectivity index (χ1v) is 5.75. The van der Waals surface area contributed by atoms with Crippen molar-refractivity contribution >= 4 is 15.9 Å². The monoisotopic (exact) mass is 259 g/mol. The molecule has 0 saturated heterocycles. The minimum atomic E-state index is 0.379. The van der Waals surface area contributed by atoms with Gasteiger partial charge in [-0.05, 0) is 35.7 Å². The van der Waals surface area contributed by atoms with Gasteiger partial charge in [-0.1, -0.05) is 13.8 Å². The summed E-state index contributed by atoms with van der Waals surface area (Å²) in [5.41, 5.74) is 7.81. The van der Waals surface area contributed by atoms with Crippen molar-refractivity contribution in [3.05, 3.63) is 15.9 Å². The first kappa shape index (κ1) is 11.7. The molecule has 0 atom stereocenters. The number of nitrogens with two attached hydrogens (primary N) is 1. The molecule has 80 valence electrons. The number of hydrogen-bond donors (Lipinski definition) is 1. The van der Waals surface area contributed by atoms with E-state index in [9.17, 15) is 0 Å². The van der Waals surface area contributed by atoms with Crippen LogP contribution < -0.4 is 5.73 Å². The molecule has 0 aliphatic carbocycles. The molecule has 14 heavy (non-hydrogen) atoms. The van der Waals surface area contributed by atoms with E-state index in [0.29, 0.717) is 18.5 Å². The third-order valence-electron chi connectivity index (χ3n) is 2.18. The van der Waals surface area contributed by atoms with Crippen molar-refractivity contribution < 1.29 is 0 Å². The van der Waals surface area contributed by atoms with Gasteiger partial charge in [-0.15, -0.1) is 0 Å². The van der Waals surface area contributed by atoms with Crippen LogP contribution in [0.2, 0.25) is 0 Å². The predicted molar refractivity (Wildman–Crippen MR) is 62.3 cm³/mol. The van der Waals surface area contributed by atoms with E-state index < -0.39 is 0 Å². The van der Waals surface area contributed by atoms with Crippen LogP contribution in [0.15, 0.2) is 4.47 Å². The van der Waals surface area contributed by atoms with E-state index in [1.807, 2.05) is 0 Å². The molecule has 1 heterocycles. The first-order valence-electron chi connectivity index (χ1n) is 4.95. The Morgan fingerprint density at radius 3 is 2.21 bits per heavy atom. The minimum Gasteiger partial charge on any atom is -0.325 e. The molecule has 0 fully saturated rings. The highest BCUT2D eigenvalue weighted by Gasteiger charge is 2.18. The van der Waals surface area contributed by atoms with E-state index in [4.69, 9.17) is 5.73 Å². The molecule has 1 aromatic rings. The fourth-order valence-corrected chi connectivity index (χ4v) is 2.40. The fourth-order valence-electron chi connectivity index (χ4n) is 1.52. The van der Waals surface area contributed by atoms with Crippen molar-refractivity contribution in [2.45, 2.75) is 46.2 Å². The molecular formula is C10H18BrN3. The number of nitrogens with zero attached hydrogens (tertiary/aromatic N) is 2. The fraction of sp³-hybridized carbons (Fsp3) is 0.700. The van der Waals surface area contributed by atoms with E-state index in [2.05, 4.69) is 53.4 Å². The molecular weight excluding hydrogens is 242 g/mol. The van der Waals surface area contributed by atoms with Gasteiger partial charge in [0, 0.05) is 12.6 Å². The van der Waals surface area contributed by atoms with Crippen molar-refractivity contribution in [3.8, 4) is 0 Å². The quantitative estimate of drug-likeness (QED) is 0.908. The van der Waals surface area contributed by atoms with Gasteiger partial charge in [0.1, 0.15) is 0 Å². The van der Waals surface area contributed by atoms with Gasteiger partial charge in [0.2, 0.25) is 0 Å².